The molecule has 1 heterocycles. The van der Waals surface area contributed by atoms with E-state index < -0.39 is 0 Å². The lowest BCUT2D eigenvalue weighted by molar-refractivity contribution is -0.132. The number of amides is 1. The SMILES string of the molecule is CCCC(=O)N(C)C(C)c1nc2ccc(Cl)cc2c(=O)n1CC. The molecule has 1 unspecified atom stereocenters. The van der Waals surface area contributed by atoms with Gasteiger partial charge in [-0.3, -0.25) is 14.2 Å². The summed E-state index contributed by atoms with van der Waals surface area (Å²) in [6.45, 7) is 6.24. The number of benzene rings is 1. The molecule has 0 fully saturated rings. The number of fused-ring (bicyclic) bond motifs is 1. The van der Waals surface area contributed by atoms with Gasteiger partial charge in [-0.2, -0.15) is 0 Å². The highest BCUT2D eigenvalue weighted by Crippen LogP contribution is 2.21. The third kappa shape index (κ3) is 3.39. The smallest absolute Gasteiger partial charge is 0.261 e. The summed E-state index contributed by atoms with van der Waals surface area (Å²) in [7, 11) is 1.75. The third-order valence-corrected chi connectivity index (χ3v) is 4.31. The summed E-state index contributed by atoms with van der Waals surface area (Å²) in [5.41, 5.74) is 0.473. The van der Waals surface area contributed by atoms with Gasteiger partial charge in [0.1, 0.15) is 5.82 Å². The fourth-order valence-electron chi connectivity index (χ4n) is 2.61. The second-order valence-corrected chi connectivity index (χ2v) is 6.05. The van der Waals surface area contributed by atoms with E-state index in [1.807, 2.05) is 20.8 Å². The molecule has 0 aliphatic carbocycles. The number of carbonyl (C=O) groups is 1. The van der Waals surface area contributed by atoms with Gasteiger partial charge >= 0.3 is 0 Å². The van der Waals surface area contributed by atoms with Crippen LogP contribution in [0, 0.1) is 0 Å². The number of hydrogen-bond donors (Lipinski definition) is 0. The number of carbonyl (C=O) groups excluding carboxylic acids is 1. The van der Waals surface area contributed by atoms with Gasteiger partial charge in [0, 0.05) is 25.0 Å². The van der Waals surface area contributed by atoms with Crippen molar-refractivity contribution in [2.24, 2.45) is 0 Å². The van der Waals surface area contributed by atoms with Gasteiger partial charge < -0.3 is 4.90 Å². The van der Waals surface area contributed by atoms with Gasteiger partial charge in [-0.1, -0.05) is 18.5 Å². The molecule has 2 aromatic rings. The molecule has 0 saturated heterocycles. The van der Waals surface area contributed by atoms with E-state index >= 15 is 0 Å². The Labute approximate surface area is 140 Å². The molecule has 2 rings (SSSR count). The van der Waals surface area contributed by atoms with Gasteiger partial charge in [-0.15, -0.1) is 0 Å². The van der Waals surface area contributed by atoms with Crippen LogP contribution in [0.2, 0.25) is 5.02 Å². The van der Waals surface area contributed by atoms with Gasteiger partial charge in [-0.05, 0) is 38.5 Å². The predicted molar refractivity (Wildman–Crippen MR) is 92.8 cm³/mol. The number of hydrogen-bond acceptors (Lipinski definition) is 3. The summed E-state index contributed by atoms with van der Waals surface area (Å²) in [4.78, 5) is 31.1. The summed E-state index contributed by atoms with van der Waals surface area (Å²) in [6.07, 6.45) is 1.28. The number of nitrogens with zero attached hydrogens (tertiary/aromatic N) is 3. The summed E-state index contributed by atoms with van der Waals surface area (Å²) in [5, 5.41) is 1.01. The molecule has 6 heteroatoms. The number of rotatable bonds is 5. The Morgan fingerprint density at radius 1 is 1.39 bits per heavy atom. The van der Waals surface area contributed by atoms with Crippen LogP contribution in [0.3, 0.4) is 0 Å². The van der Waals surface area contributed by atoms with Crippen LogP contribution in [0.5, 0.6) is 0 Å². The molecule has 0 N–H and O–H groups in total. The van der Waals surface area contributed by atoms with E-state index in [4.69, 9.17) is 11.6 Å². The summed E-state index contributed by atoms with van der Waals surface area (Å²) >= 11 is 5.99. The monoisotopic (exact) mass is 335 g/mol. The lowest BCUT2D eigenvalue weighted by atomic mass is 10.2. The molecule has 1 amide bonds. The van der Waals surface area contributed by atoms with Gasteiger partial charge in [0.05, 0.1) is 16.9 Å². The van der Waals surface area contributed by atoms with Gasteiger partial charge in [0.15, 0.2) is 0 Å². The van der Waals surface area contributed by atoms with Crippen molar-refractivity contribution in [3.8, 4) is 0 Å². The first-order valence-electron chi connectivity index (χ1n) is 7.86. The maximum atomic E-state index is 12.7. The highest BCUT2D eigenvalue weighted by Gasteiger charge is 2.22. The van der Waals surface area contributed by atoms with Gasteiger partial charge in [0.2, 0.25) is 5.91 Å². The van der Waals surface area contributed by atoms with E-state index in [2.05, 4.69) is 4.98 Å². The Bertz CT molecular complexity index is 785. The van der Waals surface area contributed by atoms with Crippen molar-refractivity contribution in [3.63, 3.8) is 0 Å². The Morgan fingerprint density at radius 2 is 2.09 bits per heavy atom. The molecule has 1 aromatic heterocycles. The first-order valence-corrected chi connectivity index (χ1v) is 8.24. The van der Waals surface area contributed by atoms with E-state index in [1.165, 1.54) is 0 Å². The first-order chi connectivity index (χ1) is 10.9. The largest absolute Gasteiger partial charge is 0.336 e. The van der Waals surface area contributed by atoms with E-state index in [1.54, 1.807) is 34.7 Å². The quantitative estimate of drug-likeness (QED) is 0.841. The third-order valence-electron chi connectivity index (χ3n) is 4.07. The molecule has 1 atom stereocenters. The fourth-order valence-corrected chi connectivity index (χ4v) is 2.79. The molecule has 124 valence electrons. The van der Waals surface area contributed by atoms with Crippen LogP contribution < -0.4 is 5.56 Å². The van der Waals surface area contributed by atoms with Crippen LogP contribution in [-0.4, -0.2) is 27.4 Å². The van der Waals surface area contributed by atoms with Crippen LogP contribution >= 0.6 is 11.6 Å². The lowest BCUT2D eigenvalue weighted by Crippen LogP contribution is -2.35. The normalized spacial score (nSPS) is 12.4. The zero-order chi connectivity index (χ0) is 17.1. The lowest BCUT2D eigenvalue weighted by Gasteiger charge is -2.26. The van der Waals surface area contributed by atoms with Crippen molar-refractivity contribution in [1.29, 1.82) is 0 Å². The van der Waals surface area contributed by atoms with Crippen molar-refractivity contribution >= 4 is 28.4 Å². The minimum Gasteiger partial charge on any atom is -0.336 e. The average Bonchev–Trinajstić information content (AvgIpc) is 2.54. The molecular formula is C17H22ClN3O2. The van der Waals surface area contributed by atoms with E-state index in [0.29, 0.717) is 34.7 Å². The topological polar surface area (TPSA) is 55.2 Å². The molecule has 0 saturated carbocycles. The highest BCUT2D eigenvalue weighted by atomic mass is 35.5. The van der Waals surface area contributed by atoms with E-state index in [-0.39, 0.29) is 17.5 Å². The molecule has 5 nitrogen and oxygen atoms in total. The van der Waals surface area contributed by atoms with Gasteiger partial charge in [0.25, 0.3) is 5.56 Å². The standard InChI is InChI=1S/C17H22ClN3O2/c1-5-7-15(22)20(4)11(3)16-19-14-9-8-12(18)10-13(14)17(23)21(16)6-2/h8-11H,5-7H2,1-4H3. The van der Waals surface area contributed by atoms with Crippen molar-refractivity contribution in [1.82, 2.24) is 14.5 Å². The Kier molecular flexibility index (Phi) is 5.42. The number of aromatic nitrogens is 2. The Hall–Kier alpha value is -1.88. The Morgan fingerprint density at radius 3 is 2.70 bits per heavy atom. The Balaban J connectivity index is 2.58. The molecule has 1 aromatic carbocycles. The van der Waals surface area contributed by atoms with Crippen molar-refractivity contribution < 1.29 is 4.79 Å². The summed E-state index contributed by atoms with van der Waals surface area (Å²) < 4.78 is 1.61. The molecule has 0 spiro atoms. The first kappa shape index (κ1) is 17.5. The summed E-state index contributed by atoms with van der Waals surface area (Å²) in [5.74, 6) is 0.646. The number of halogens is 1. The minimum absolute atomic E-state index is 0.0492. The van der Waals surface area contributed by atoms with Crippen LogP contribution in [-0.2, 0) is 11.3 Å². The average molecular weight is 336 g/mol. The van der Waals surface area contributed by atoms with Crippen molar-refractivity contribution in [2.45, 2.75) is 46.2 Å². The molecule has 0 bridgehead atoms. The van der Waals surface area contributed by atoms with Crippen LogP contribution in [0.15, 0.2) is 23.0 Å². The van der Waals surface area contributed by atoms with Crippen molar-refractivity contribution in [3.05, 3.63) is 39.4 Å². The van der Waals surface area contributed by atoms with Crippen LogP contribution in [0.4, 0.5) is 0 Å². The van der Waals surface area contributed by atoms with Gasteiger partial charge in [-0.25, -0.2) is 4.98 Å². The zero-order valence-electron chi connectivity index (χ0n) is 14.0. The molecule has 0 aliphatic heterocycles. The second kappa shape index (κ2) is 7.13. The molecular weight excluding hydrogens is 314 g/mol. The van der Waals surface area contributed by atoms with Crippen LogP contribution in [0.1, 0.15) is 45.5 Å². The molecule has 0 aliphatic rings. The fraction of sp³-hybridized carbons (Fsp3) is 0.471. The maximum Gasteiger partial charge on any atom is 0.261 e. The second-order valence-electron chi connectivity index (χ2n) is 5.61. The van der Waals surface area contributed by atoms with E-state index in [9.17, 15) is 9.59 Å². The maximum absolute atomic E-state index is 12.7. The minimum atomic E-state index is -0.276. The highest BCUT2D eigenvalue weighted by molar-refractivity contribution is 6.31. The van der Waals surface area contributed by atoms with E-state index in [0.717, 1.165) is 6.42 Å². The van der Waals surface area contributed by atoms with Crippen LogP contribution in [0.25, 0.3) is 10.9 Å². The molecule has 0 radical (unpaired) electrons. The zero-order valence-corrected chi connectivity index (χ0v) is 14.7. The predicted octanol–water partition coefficient (Wildman–Crippen LogP) is 3.39. The molecule has 23 heavy (non-hydrogen) atoms. The van der Waals surface area contributed by atoms with Crippen molar-refractivity contribution in [2.75, 3.05) is 7.05 Å². The summed E-state index contributed by atoms with van der Waals surface area (Å²) in [6, 6.07) is 4.82.